The minimum absolute atomic E-state index is 0.0517. The molecule has 0 spiro atoms. The number of hydrogen-bond acceptors (Lipinski definition) is 6. The molecule has 0 aromatic heterocycles. The van der Waals surface area contributed by atoms with Crippen LogP contribution in [-0.2, 0) is 38.4 Å². The maximum absolute atomic E-state index is 13.7. The number of amides is 3. The zero-order valence-electron chi connectivity index (χ0n) is 24.4. The number of phenols is 1. The van der Waals surface area contributed by atoms with Gasteiger partial charge in [-0.2, -0.15) is 0 Å². The number of nitrogens with one attached hydrogen (secondary N) is 3. The maximum atomic E-state index is 13.7. The Morgan fingerprint density at radius 1 is 0.628 bits per heavy atom. The Kier molecular flexibility index (Phi) is 12.3. The number of benzene rings is 3. The first-order valence-electron chi connectivity index (χ1n) is 14.3. The van der Waals surface area contributed by atoms with Crippen LogP contribution >= 0.6 is 0 Å². The molecule has 4 atom stereocenters. The van der Waals surface area contributed by atoms with E-state index in [2.05, 4.69) is 16.0 Å². The summed E-state index contributed by atoms with van der Waals surface area (Å²) in [6.45, 7) is 3.87. The summed E-state index contributed by atoms with van der Waals surface area (Å²) in [6, 6.07) is 19.8. The number of aliphatic carboxylic acids is 1. The van der Waals surface area contributed by atoms with Gasteiger partial charge in [-0.15, -0.1) is 0 Å². The van der Waals surface area contributed by atoms with Crippen LogP contribution in [0.15, 0.2) is 84.9 Å². The largest absolute Gasteiger partial charge is 0.508 e. The number of phenolic OH excluding ortho intramolecular Hbond substituents is 1. The van der Waals surface area contributed by atoms with Crippen LogP contribution in [-0.4, -0.2) is 58.1 Å². The molecule has 0 fully saturated rings. The van der Waals surface area contributed by atoms with Gasteiger partial charge in [0, 0.05) is 19.3 Å². The molecule has 7 N–H and O–H groups in total. The second kappa shape index (κ2) is 16.1. The van der Waals surface area contributed by atoms with E-state index in [1.165, 1.54) is 12.1 Å². The highest BCUT2D eigenvalue weighted by Crippen LogP contribution is 2.13. The highest BCUT2D eigenvalue weighted by molar-refractivity contribution is 5.94. The summed E-state index contributed by atoms with van der Waals surface area (Å²) < 4.78 is 0. The van der Waals surface area contributed by atoms with E-state index in [1.54, 1.807) is 60.7 Å². The molecule has 3 aromatic carbocycles. The molecule has 0 aliphatic heterocycles. The highest BCUT2D eigenvalue weighted by atomic mass is 16.4. The van der Waals surface area contributed by atoms with Crippen molar-refractivity contribution in [2.24, 2.45) is 11.7 Å². The lowest BCUT2D eigenvalue weighted by Gasteiger charge is -2.26. The Bertz CT molecular complexity index is 1350. The van der Waals surface area contributed by atoms with Gasteiger partial charge in [0.05, 0.1) is 6.04 Å². The molecular weight excluding hydrogens is 548 g/mol. The fraction of sp³-hybridized carbons (Fsp3) is 0.333. The second-order valence-electron chi connectivity index (χ2n) is 11.0. The Hall–Kier alpha value is -4.70. The van der Waals surface area contributed by atoms with Crippen LogP contribution in [0.5, 0.6) is 5.75 Å². The maximum Gasteiger partial charge on any atom is 0.326 e. The summed E-state index contributed by atoms with van der Waals surface area (Å²) in [5, 5.41) is 27.6. The molecule has 10 heteroatoms. The third-order valence-corrected chi connectivity index (χ3v) is 6.88. The third-order valence-electron chi connectivity index (χ3n) is 6.88. The third kappa shape index (κ3) is 10.9. The summed E-state index contributed by atoms with van der Waals surface area (Å²) >= 11 is 0. The molecule has 0 heterocycles. The average molecular weight is 589 g/mol. The molecule has 0 aliphatic carbocycles. The van der Waals surface area contributed by atoms with E-state index < -0.39 is 47.9 Å². The molecule has 0 saturated carbocycles. The van der Waals surface area contributed by atoms with Crippen LogP contribution in [0.3, 0.4) is 0 Å². The van der Waals surface area contributed by atoms with Crippen LogP contribution < -0.4 is 21.7 Å². The molecule has 4 unspecified atom stereocenters. The van der Waals surface area contributed by atoms with Crippen molar-refractivity contribution in [3.8, 4) is 5.75 Å². The van der Waals surface area contributed by atoms with Crippen molar-refractivity contribution >= 4 is 23.7 Å². The van der Waals surface area contributed by atoms with Gasteiger partial charge < -0.3 is 31.9 Å². The lowest BCUT2D eigenvalue weighted by molar-refractivity contribution is -0.142. The molecule has 3 rings (SSSR count). The smallest absolute Gasteiger partial charge is 0.326 e. The van der Waals surface area contributed by atoms with E-state index in [0.29, 0.717) is 12.0 Å². The number of carboxylic acids is 1. The predicted octanol–water partition coefficient (Wildman–Crippen LogP) is 2.33. The Balaban J connectivity index is 1.84. The lowest BCUT2D eigenvalue weighted by atomic mass is 10.00. The molecule has 0 aliphatic rings. The lowest BCUT2D eigenvalue weighted by Crippen LogP contribution is -2.58. The normalized spacial score (nSPS) is 13.8. The fourth-order valence-corrected chi connectivity index (χ4v) is 4.62. The number of nitrogens with two attached hydrogens (primary N) is 1. The fourth-order valence-electron chi connectivity index (χ4n) is 4.62. The van der Waals surface area contributed by atoms with Gasteiger partial charge in [-0.05, 0) is 41.2 Å². The van der Waals surface area contributed by atoms with E-state index in [9.17, 15) is 29.4 Å². The zero-order valence-corrected chi connectivity index (χ0v) is 24.4. The minimum Gasteiger partial charge on any atom is -0.508 e. The topological polar surface area (TPSA) is 171 Å². The minimum atomic E-state index is -1.23. The summed E-state index contributed by atoms with van der Waals surface area (Å²) in [6.07, 6.45) is 0.623. The van der Waals surface area contributed by atoms with Gasteiger partial charge >= 0.3 is 5.97 Å². The number of carbonyl (C=O) groups is 4. The van der Waals surface area contributed by atoms with Crippen molar-refractivity contribution in [3.63, 3.8) is 0 Å². The second-order valence-corrected chi connectivity index (χ2v) is 11.0. The summed E-state index contributed by atoms with van der Waals surface area (Å²) in [4.78, 5) is 52.2. The van der Waals surface area contributed by atoms with Crippen molar-refractivity contribution in [3.05, 3.63) is 102 Å². The molecule has 228 valence electrons. The zero-order chi connectivity index (χ0) is 31.4. The van der Waals surface area contributed by atoms with E-state index in [1.807, 2.05) is 26.0 Å². The van der Waals surface area contributed by atoms with Crippen molar-refractivity contribution in [1.29, 1.82) is 0 Å². The molecule has 0 saturated heterocycles. The van der Waals surface area contributed by atoms with Crippen LogP contribution in [0, 0.1) is 5.92 Å². The number of carbonyl (C=O) groups excluding carboxylic acids is 3. The van der Waals surface area contributed by atoms with E-state index in [0.717, 1.165) is 11.1 Å². The molecule has 43 heavy (non-hydrogen) atoms. The Labute approximate surface area is 251 Å². The summed E-state index contributed by atoms with van der Waals surface area (Å²) in [7, 11) is 0. The molecular formula is C33H40N4O6. The highest BCUT2D eigenvalue weighted by Gasteiger charge is 2.31. The molecule has 0 bridgehead atoms. The first-order chi connectivity index (χ1) is 20.5. The predicted molar refractivity (Wildman–Crippen MR) is 163 cm³/mol. The van der Waals surface area contributed by atoms with Crippen LogP contribution in [0.4, 0.5) is 0 Å². The summed E-state index contributed by atoms with van der Waals surface area (Å²) in [5.41, 5.74) is 8.22. The Morgan fingerprint density at radius 3 is 1.47 bits per heavy atom. The molecule has 10 nitrogen and oxygen atoms in total. The molecule has 3 amide bonds. The van der Waals surface area contributed by atoms with E-state index in [-0.39, 0.29) is 30.9 Å². The quantitative estimate of drug-likeness (QED) is 0.158. The first kappa shape index (κ1) is 32.8. The average Bonchev–Trinajstić information content (AvgIpc) is 2.97. The van der Waals surface area contributed by atoms with Gasteiger partial charge in [0.15, 0.2) is 0 Å². The van der Waals surface area contributed by atoms with Crippen LogP contribution in [0.25, 0.3) is 0 Å². The number of rotatable bonds is 15. The molecule has 0 radical (unpaired) electrons. The van der Waals surface area contributed by atoms with E-state index in [4.69, 9.17) is 5.73 Å². The van der Waals surface area contributed by atoms with Gasteiger partial charge in [0.25, 0.3) is 0 Å². The summed E-state index contributed by atoms with van der Waals surface area (Å²) in [5.74, 6) is -2.82. The molecule has 3 aromatic rings. The monoisotopic (exact) mass is 588 g/mol. The van der Waals surface area contributed by atoms with Crippen molar-refractivity contribution < 1.29 is 29.4 Å². The van der Waals surface area contributed by atoms with Crippen molar-refractivity contribution in [1.82, 2.24) is 16.0 Å². The van der Waals surface area contributed by atoms with Gasteiger partial charge in [-0.25, -0.2) is 4.79 Å². The van der Waals surface area contributed by atoms with Crippen LogP contribution in [0.2, 0.25) is 0 Å². The first-order valence-corrected chi connectivity index (χ1v) is 14.3. The van der Waals surface area contributed by atoms with Gasteiger partial charge in [0.1, 0.15) is 23.9 Å². The SMILES string of the molecule is CC(C)CC(N)C(=O)NC(Cc1ccc(O)cc1)C(=O)NC(Cc1ccccc1)C(=O)NC(Cc1ccccc1)C(=O)O. The van der Waals surface area contributed by atoms with Gasteiger partial charge in [-0.1, -0.05) is 86.6 Å². The van der Waals surface area contributed by atoms with Gasteiger partial charge in [-0.3, -0.25) is 14.4 Å². The standard InChI is InChI=1S/C33H40N4O6/c1-21(2)17-26(34)30(39)35-27(19-24-13-15-25(38)16-14-24)31(40)36-28(18-22-9-5-3-6-10-22)32(41)37-29(33(42)43)20-23-11-7-4-8-12-23/h3-16,21,26-29,38H,17-20,34H2,1-2H3,(H,35,39)(H,36,40)(H,37,41)(H,42,43). The number of aromatic hydroxyl groups is 1. The van der Waals surface area contributed by atoms with Crippen LogP contribution in [0.1, 0.15) is 37.0 Å². The number of hydrogen-bond donors (Lipinski definition) is 6. The van der Waals surface area contributed by atoms with Crippen molar-refractivity contribution in [2.45, 2.75) is 63.7 Å². The van der Waals surface area contributed by atoms with Gasteiger partial charge in [0.2, 0.25) is 17.7 Å². The number of carboxylic acid groups (broad SMARTS) is 1. The van der Waals surface area contributed by atoms with Crippen molar-refractivity contribution in [2.75, 3.05) is 0 Å². The Morgan fingerprint density at radius 2 is 1.02 bits per heavy atom. The van der Waals surface area contributed by atoms with E-state index >= 15 is 0 Å².